The number of hydrogen-bond acceptors (Lipinski definition) is 4. The Balaban J connectivity index is 2.11. The highest BCUT2D eigenvalue weighted by Gasteiger charge is 2.31. The van der Waals surface area contributed by atoms with E-state index in [1.54, 1.807) is 18.8 Å². The molecule has 0 spiro atoms. The van der Waals surface area contributed by atoms with Crippen molar-refractivity contribution in [2.24, 2.45) is 0 Å². The zero-order valence-corrected chi connectivity index (χ0v) is 12.9. The van der Waals surface area contributed by atoms with Crippen LogP contribution in [0.4, 0.5) is 0 Å². The first-order chi connectivity index (χ1) is 10.2. The molecule has 4 heteroatoms. The molecule has 0 saturated heterocycles. The number of rotatable bonds is 4. The summed E-state index contributed by atoms with van der Waals surface area (Å²) in [6, 6.07) is 12.0. The van der Waals surface area contributed by atoms with Crippen LogP contribution in [0.3, 0.4) is 0 Å². The minimum atomic E-state index is -0.977. The van der Waals surface area contributed by atoms with Crippen LogP contribution in [0.25, 0.3) is 10.8 Å². The van der Waals surface area contributed by atoms with Gasteiger partial charge in [-0.05, 0) is 41.0 Å². The first-order valence-corrected chi connectivity index (χ1v) is 7.75. The summed E-state index contributed by atoms with van der Waals surface area (Å²) in [6.07, 6.45) is 2.35. The average molecular weight is 299 g/mol. The molecule has 3 nitrogen and oxygen atoms in total. The fourth-order valence-electron chi connectivity index (χ4n) is 2.55. The molecule has 1 N–H and O–H groups in total. The maximum atomic E-state index is 11.1. The second kappa shape index (κ2) is 5.47. The number of aliphatic hydroxyl groups is 1. The van der Waals surface area contributed by atoms with Crippen LogP contribution in [0, 0.1) is 0 Å². The highest BCUT2D eigenvalue weighted by Crippen LogP contribution is 2.36. The van der Waals surface area contributed by atoms with Crippen molar-refractivity contribution >= 4 is 22.1 Å². The Labute approximate surface area is 127 Å². The Bertz CT molecular complexity index is 755. The normalized spacial score (nSPS) is 14.0. The molecule has 0 bridgehead atoms. The SMILES string of the molecule is CCC(O)(c1ccc2cc(OC)ccc2c1)c1cncs1. The minimum Gasteiger partial charge on any atom is -0.497 e. The summed E-state index contributed by atoms with van der Waals surface area (Å²) >= 11 is 1.48. The molecule has 0 aliphatic rings. The molecule has 3 rings (SSSR count). The molecule has 1 unspecified atom stereocenters. The standard InChI is InChI=1S/C17H17NO2S/c1-3-17(19,16-10-18-11-21-16)14-6-4-13-9-15(20-2)7-5-12(13)8-14/h4-11,19H,3H2,1-2H3. The Morgan fingerprint density at radius 1 is 1.19 bits per heavy atom. The van der Waals surface area contributed by atoms with E-state index < -0.39 is 5.60 Å². The Hall–Kier alpha value is -1.91. The molecule has 108 valence electrons. The monoisotopic (exact) mass is 299 g/mol. The minimum absolute atomic E-state index is 0.608. The number of hydrogen-bond donors (Lipinski definition) is 1. The lowest BCUT2D eigenvalue weighted by Crippen LogP contribution is -2.24. The summed E-state index contributed by atoms with van der Waals surface area (Å²) in [5.74, 6) is 0.837. The summed E-state index contributed by atoms with van der Waals surface area (Å²) in [4.78, 5) is 4.96. The molecule has 3 aromatic rings. The second-order valence-electron chi connectivity index (χ2n) is 5.01. The lowest BCUT2D eigenvalue weighted by atomic mass is 9.88. The van der Waals surface area contributed by atoms with Crippen molar-refractivity contribution in [3.8, 4) is 5.75 Å². The average Bonchev–Trinajstić information content (AvgIpc) is 3.08. The predicted molar refractivity (Wildman–Crippen MR) is 85.9 cm³/mol. The van der Waals surface area contributed by atoms with E-state index in [0.717, 1.165) is 27.0 Å². The van der Waals surface area contributed by atoms with E-state index in [2.05, 4.69) is 4.98 Å². The number of benzene rings is 2. The van der Waals surface area contributed by atoms with Gasteiger partial charge in [-0.1, -0.05) is 25.1 Å². The van der Waals surface area contributed by atoms with Gasteiger partial charge in [0.05, 0.1) is 17.5 Å². The van der Waals surface area contributed by atoms with Gasteiger partial charge in [-0.3, -0.25) is 4.98 Å². The van der Waals surface area contributed by atoms with E-state index in [4.69, 9.17) is 4.74 Å². The number of fused-ring (bicyclic) bond motifs is 1. The molecule has 1 aromatic heterocycles. The van der Waals surface area contributed by atoms with Gasteiger partial charge in [0.15, 0.2) is 0 Å². The zero-order chi connectivity index (χ0) is 14.9. The molecule has 0 saturated carbocycles. The van der Waals surface area contributed by atoms with E-state index >= 15 is 0 Å². The quantitative estimate of drug-likeness (QED) is 0.793. The molecule has 0 aliphatic heterocycles. The summed E-state index contributed by atoms with van der Waals surface area (Å²) in [5.41, 5.74) is 1.67. The smallest absolute Gasteiger partial charge is 0.125 e. The van der Waals surface area contributed by atoms with Crippen molar-refractivity contribution < 1.29 is 9.84 Å². The number of nitrogens with zero attached hydrogens (tertiary/aromatic N) is 1. The lowest BCUT2D eigenvalue weighted by Gasteiger charge is -2.26. The van der Waals surface area contributed by atoms with Gasteiger partial charge in [0.1, 0.15) is 11.4 Å². The largest absolute Gasteiger partial charge is 0.497 e. The maximum absolute atomic E-state index is 11.1. The van der Waals surface area contributed by atoms with Gasteiger partial charge in [-0.15, -0.1) is 11.3 Å². The fourth-order valence-corrected chi connectivity index (χ4v) is 3.36. The zero-order valence-electron chi connectivity index (χ0n) is 12.0. The molecule has 1 atom stereocenters. The molecule has 2 aromatic carbocycles. The molecular formula is C17H17NO2S. The van der Waals surface area contributed by atoms with Crippen LogP contribution >= 0.6 is 11.3 Å². The first-order valence-electron chi connectivity index (χ1n) is 6.87. The van der Waals surface area contributed by atoms with Crippen LogP contribution in [-0.2, 0) is 5.60 Å². The third kappa shape index (κ3) is 2.41. The molecule has 0 aliphatic carbocycles. The molecule has 0 radical (unpaired) electrons. The van der Waals surface area contributed by atoms with Crippen LogP contribution < -0.4 is 4.74 Å². The summed E-state index contributed by atoms with van der Waals surface area (Å²) in [7, 11) is 1.66. The van der Waals surface area contributed by atoms with E-state index in [1.807, 2.05) is 43.3 Å². The van der Waals surface area contributed by atoms with Crippen molar-refractivity contribution in [3.05, 3.63) is 58.5 Å². The highest BCUT2D eigenvalue weighted by molar-refractivity contribution is 7.09. The molecular weight excluding hydrogens is 282 g/mol. The fraction of sp³-hybridized carbons (Fsp3) is 0.235. The Kier molecular flexibility index (Phi) is 3.66. The summed E-state index contributed by atoms with van der Waals surface area (Å²) < 4.78 is 5.24. The van der Waals surface area contributed by atoms with Gasteiger partial charge >= 0.3 is 0 Å². The number of aromatic nitrogens is 1. The van der Waals surface area contributed by atoms with Crippen molar-refractivity contribution in [1.29, 1.82) is 0 Å². The second-order valence-corrected chi connectivity index (χ2v) is 5.89. The summed E-state index contributed by atoms with van der Waals surface area (Å²) in [6.45, 7) is 1.98. The van der Waals surface area contributed by atoms with Crippen LogP contribution in [0.1, 0.15) is 23.8 Å². The topological polar surface area (TPSA) is 42.4 Å². The van der Waals surface area contributed by atoms with E-state index in [0.29, 0.717) is 6.42 Å². The van der Waals surface area contributed by atoms with Crippen molar-refractivity contribution in [1.82, 2.24) is 4.98 Å². The third-order valence-corrected chi connectivity index (χ3v) is 4.80. The van der Waals surface area contributed by atoms with Gasteiger partial charge < -0.3 is 9.84 Å². The lowest BCUT2D eigenvalue weighted by molar-refractivity contribution is 0.0803. The van der Waals surface area contributed by atoms with Gasteiger partial charge in [0.2, 0.25) is 0 Å². The van der Waals surface area contributed by atoms with Gasteiger partial charge in [0.25, 0.3) is 0 Å². The number of methoxy groups -OCH3 is 1. The Morgan fingerprint density at radius 2 is 1.95 bits per heavy atom. The van der Waals surface area contributed by atoms with Crippen molar-refractivity contribution in [2.45, 2.75) is 18.9 Å². The van der Waals surface area contributed by atoms with Crippen LogP contribution in [0.5, 0.6) is 5.75 Å². The third-order valence-electron chi connectivity index (χ3n) is 3.88. The van der Waals surface area contributed by atoms with Crippen LogP contribution in [0.2, 0.25) is 0 Å². The maximum Gasteiger partial charge on any atom is 0.125 e. The van der Waals surface area contributed by atoms with Crippen LogP contribution in [0.15, 0.2) is 48.1 Å². The van der Waals surface area contributed by atoms with Gasteiger partial charge in [-0.25, -0.2) is 0 Å². The highest BCUT2D eigenvalue weighted by atomic mass is 32.1. The molecule has 0 amide bonds. The van der Waals surface area contributed by atoms with Gasteiger partial charge in [-0.2, -0.15) is 0 Å². The first kappa shape index (κ1) is 14.0. The molecule has 1 heterocycles. The van der Waals surface area contributed by atoms with Crippen LogP contribution in [-0.4, -0.2) is 17.2 Å². The summed E-state index contributed by atoms with van der Waals surface area (Å²) in [5, 5.41) is 13.2. The van der Waals surface area contributed by atoms with E-state index in [1.165, 1.54) is 11.3 Å². The van der Waals surface area contributed by atoms with Crippen molar-refractivity contribution in [2.75, 3.05) is 7.11 Å². The number of thiazole rings is 1. The molecule has 0 fully saturated rings. The van der Waals surface area contributed by atoms with E-state index in [9.17, 15) is 5.11 Å². The molecule has 21 heavy (non-hydrogen) atoms. The predicted octanol–water partition coefficient (Wildman–Crippen LogP) is 3.95. The Morgan fingerprint density at radius 3 is 2.62 bits per heavy atom. The van der Waals surface area contributed by atoms with Gasteiger partial charge in [0, 0.05) is 6.20 Å². The van der Waals surface area contributed by atoms with Crippen molar-refractivity contribution in [3.63, 3.8) is 0 Å². The number of ether oxygens (including phenoxy) is 1. The van der Waals surface area contributed by atoms with E-state index in [-0.39, 0.29) is 0 Å².